The zero-order valence-corrected chi connectivity index (χ0v) is 14.0. The molecule has 23 heavy (non-hydrogen) atoms. The number of ether oxygens (including phenoxy) is 1. The Hall–Kier alpha value is -2.24. The highest BCUT2D eigenvalue weighted by Gasteiger charge is 2.34. The number of amides is 3. The molecule has 0 aliphatic carbocycles. The van der Waals surface area contributed by atoms with E-state index in [-0.39, 0.29) is 24.0 Å². The predicted molar refractivity (Wildman–Crippen MR) is 89.6 cm³/mol. The second-order valence-corrected chi connectivity index (χ2v) is 5.83. The maximum absolute atomic E-state index is 12.4. The van der Waals surface area contributed by atoms with Crippen LogP contribution in [0, 0.1) is 0 Å². The van der Waals surface area contributed by atoms with E-state index in [4.69, 9.17) is 4.74 Å². The number of carbonyl (C=O) groups excluding carboxylic acids is 2. The van der Waals surface area contributed by atoms with Gasteiger partial charge in [-0.2, -0.15) is 0 Å². The first kappa shape index (κ1) is 17.1. The van der Waals surface area contributed by atoms with E-state index in [2.05, 4.69) is 10.6 Å². The second kappa shape index (κ2) is 7.85. The highest BCUT2D eigenvalue weighted by Crippen LogP contribution is 2.20. The van der Waals surface area contributed by atoms with Gasteiger partial charge in [0.25, 0.3) is 0 Å². The molecule has 1 heterocycles. The van der Waals surface area contributed by atoms with Crippen LogP contribution >= 0.6 is 0 Å². The van der Waals surface area contributed by atoms with Crippen molar-refractivity contribution in [3.63, 3.8) is 0 Å². The fourth-order valence-corrected chi connectivity index (χ4v) is 2.59. The lowest BCUT2D eigenvalue weighted by atomic mass is 10.2. The van der Waals surface area contributed by atoms with Crippen LogP contribution in [0.4, 0.5) is 10.5 Å². The first-order valence-corrected chi connectivity index (χ1v) is 8.07. The smallest absolute Gasteiger partial charge is 0.322 e. The van der Waals surface area contributed by atoms with Crippen molar-refractivity contribution in [2.45, 2.75) is 45.2 Å². The molecule has 2 atom stereocenters. The van der Waals surface area contributed by atoms with Gasteiger partial charge in [-0.15, -0.1) is 0 Å². The normalized spacial score (nSPS) is 18.4. The average molecular weight is 319 g/mol. The predicted octanol–water partition coefficient (Wildman–Crippen LogP) is 2.61. The summed E-state index contributed by atoms with van der Waals surface area (Å²) >= 11 is 0. The number of carbonyl (C=O) groups is 2. The molecule has 6 nitrogen and oxygen atoms in total. The monoisotopic (exact) mass is 319 g/mol. The highest BCUT2D eigenvalue weighted by molar-refractivity contribution is 5.94. The largest absolute Gasteiger partial charge is 0.497 e. The van der Waals surface area contributed by atoms with Gasteiger partial charge < -0.3 is 20.3 Å². The summed E-state index contributed by atoms with van der Waals surface area (Å²) in [7, 11) is 1.60. The van der Waals surface area contributed by atoms with Crippen molar-refractivity contribution in [3.05, 3.63) is 24.3 Å². The van der Waals surface area contributed by atoms with E-state index >= 15 is 0 Å². The second-order valence-electron chi connectivity index (χ2n) is 5.83. The number of urea groups is 1. The first-order chi connectivity index (χ1) is 11.0. The molecule has 0 aromatic heterocycles. The van der Waals surface area contributed by atoms with Gasteiger partial charge in [0.15, 0.2) is 0 Å². The van der Waals surface area contributed by atoms with E-state index in [1.165, 1.54) is 0 Å². The number of rotatable bonds is 5. The summed E-state index contributed by atoms with van der Waals surface area (Å²) < 4.78 is 5.09. The summed E-state index contributed by atoms with van der Waals surface area (Å²) in [5.41, 5.74) is 0.684. The highest BCUT2D eigenvalue weighted by atomic mass is 16.5. The quantitative estimate of drug-likeness (QED) is 0.876. The Balaban J connectivity index is 1.98. The van der Waals surface area contributed by atoms with Crippen molar-refractivity contribution in [1.82, 2.24) is 10.2 Å². The Morgan fingerprint density at radius 3 is 2.65 bits per heavy atom. The van der Waals surface area contributed by atoms with Crippen molar-refractivity contribution in [2.75, 3.05) is 19.0 Å². The number of hydrogen-bond donors (Lipinski definition) is 2. The molecule has 2 N–H and O–H groups in total. The average Bonchev–Trinajstić information content (AvgIpc) is 3.05. The summed E-state index contributed by atoms with van der Waals surface area (Å²) in [6.45, 7) is 4.59. The molecule has 1 fully saturated rings. The third-order valence-corrected chi connectivity index (χ3v) is 4.16. The SMILES string of the molecule is CC[C@@H](C)NC(=O)[C@@H]1CCCN1C(=O)Nc1ccc(OC)cc1. The van der Waals surface area contributed by atoms with Crippen LogP contribution in [-0.2, 0) is 4.79 Å². The van der Waals surface area contributed by atoms with Crippen LogP contribution in [0.15, 0.2) is 24.3 Å². The molecule has 1 aromatic carbocycles. The molecule has 0 bridgehead atoms. The minimum absolute atomic E-state index is 0.0678. The van der Waals surface area contributed by atoms with Crippen LogP contribution in [-0.4, -0.2) is 42.6 Å². The van der Waals surface area contributed by atoms with Crippen molar-refractivity contribution >= 4 is 17.6 Å². The number of methoxy groups -OCH3 is 1. The van der Waals surface area contributed by atoms with Gasteiger partial charge in [0, 0.05) is 18.3 Å². The summed E-state index contributed by atoms with van der Waals surface area (Å²) in [5.74, 6) is 0.664. The van der Waals surface area contributed by atoms with Crippen molar-refractivity contribution < 1.29 is 14.3 Å². The summed E-state index contributed by atoms with van der Waals surface area (Å²) in [5, 5.41) is 5.80. The van der Waals surface area contributed by atoms with Gasteiger partial charge in [-0.1, -0.05) is 6.92 Å². The zero-order valence-electron chi connectivity index (χ0n) is 14.0. The molecular weight excluding hydrogens is 294 g/mol. The molecule has 0 spiro atoms. The third kappa shape index (κ3) is 4.37. The summed E-state index contributed by atoms with van der Waals surface area (Å²) in [6, 6.07) is 6.62. The van der Waals surface area contributed by atoms with Crippen LogP contribution in [0.25, 0.3) is 0 Å². The van der Waals surface area contributed by atoms with Gasteiger partial charge in [-0.3, -0.25) is 4.79 Å². The minimum Gasteiger partial charge on any atom is -0.497 e. The topological polar surface area (TPSA) is 70.7 Å². The summed E-state index contributed by atoms with van der Waals surface area (Å²) in [6.07, 6.45) is 2.42. The van der Waals surface area contributed by atoms with Crippen molar-refractivity contribution in [3.8, 4) is 5.75 Å². The number of likely N-dealkylation sites (tertiary alicyclic amines) is 1. The lowest BCUT2D eigenvalue weighted by Crippen LogP contribution is -2.49. The number of nitrogens with one attached hydrogen (secondary N) is 2. The van der Waals surface area contributed by atoms with Gasteiger partial charge in [-0.25, -0.2) is 4.79 Å². The first-order valence-electron chi connectivity index (χ1n) is 8.07. The van der Waals surface area contributed by atoms with Crippen LogP contribution in [0.1, 0.15) is 33.1 Å². The lowest BCUT2D eigenvalue weighted by molar-refractivity contribution is -0.125. The van der Waals surface area contributed by atoms with Crippen LogP contribution in [0.5, 0.6) is 5.75 Å². The standard InChI is InChI=1S/C17H25N3O3/c1-4-12(2)18-16(21)15-6-5-11-20(15)17(22)19-13-7-9-14(23-3)10-8-13/h7-10,12,15H,4-6,11H2,1-3H3,(H,18,21)(H,19,22)/t12-,15+/m1/s1. The molecule has 1 aliphatic rings. The number of hydrogen-bond acceptors (Lipinski definition) is 3. The Morgan fingerprint density at radius 2 is 2.04 bits per heavy atom. The Morgan fingerprint density at radius 1 is 1.35 bits per heavy atom. The van der Waals surface area contributed by atoms with Crippen LogP contribution < -0.4 is 15.4 Å². The molecule has 3 amide bonds. The van der Waals surface area contributed by atoms with Gasteiger partial charge >= 0.3 is 6.03 Å². The fourth-order valence-electron chi connectivity index (χ4n) is 2.59. The molecule has 2 rings (SSSR count). The Kier molecular flexibility index (Phi) is 5.84. The third-order valence-electron chi connectivity index (χ3n) is 4.16. The van der Waals surface area contributed by atoms with E-state index < -0.39 is 0 Å². The number of nitrogens with zero attached hydrogens (tertiary/aromatic N) is 1. The molecule has 1 aliphatic heterocycles. The van der Waals surface area contributed by atoms with Crippen molar-refractivity contribution in [2.24, 2.45) is 0 Å². The fraction of sp³-hybridized carbons (Fsp3) is 0.529. The molecule has 126 valence electrons. The van der Waals surface area contributed by atoms with E-state index in [9.17, 15) is 9.59 Å². The van der Waals surface area contributed by atoms with Crippen molar-refractivity contribution in [1.29, 1.82) is 0 Å². The molecular formula is C17H25N3O3. The van der Waals surface area contributed by atoms with Gasteiger partial charge in [0.05, 0.1) is 7.11 Å². The Bertz CT molecular complexity index is 545. The Labute approximate surface area is 137 Å². The molecule has 1 aromatic rings. The van der Waals surface area contributed by atoms with Crippen LogP contribution in [0.2, 0.25) is 0 Å². The van der Waals surface area contributed by atoms with E-state index in [1.54, 1.807) is 36.3 Å². The number of anilines is 1. The maximum atomic E-state index is 12.4. The van der Waals surface area contributed by atoms with Gasteiger partial charge in [0.2, 0.25) is 5.91 Å². The van der Waals surface area contributed by atoms with E-state index in [0.29, 0.717) is 18.7 Å². The van der Waals surface area contributed by atoms with Gasteiger partial charge in [-0.05, 0) is 50.5 Å². The number of benzene rings is 1. The summed E-state index contributed by atoms with van der Waals surface area (Å²) in [4.78, 5) is 26.4. The zero-order chi connectivity index (χ0) is 16.8. The maximum Gasteiger partial charge on any atom is 0.322 e. The lowest BCUT2D eigenvalue weighted by Gasteiger charge is -2.25. The molecule has 0 radical (unpaired) electrons. The molecule has 0 unspecified atom stereocenters. The van der Waals surface area contributed by atoms with E-state index in [1.807, 2.05) is 13.8 Å². The van der Waals surface area contributed by atoms with E-state index in [0.717, 1.165) is 18.6 Å². The minimum atomic E-state index is -0.387. The molecule has 0 saturated carbocycles. The van der Waals surface area contributed by atoms with Crippen LogP contribution in [0.3, 0.4) is 0 Å². The molecule has 6 heteroatoms. The molecule has 1 saturated heterocycles. The van der Waals surface area contributed by atoms with Gasteiger partial charge in [0.1, 0.15) is 11.8 Å².